The van der Waals surface area contributed by atoms with Crippen LogP contribution >= 0.6 is 11.6 Å². The molecule has 5 heteroatoms. The average Bonchev–Trinajstić information content (AvgIpc) is 2.78. The van der Waals surface area contributed by atoms with E-state index in [2.05, 4.69) is 11.4 Å². The Morgan fingerprint density at radius 2 is 1.94 bits per heavy atom. The molecule has 0 amide bonds. The fourth-order valence-corrected chi connectivity index (χ4v) is 5.42. The summed E-state index contributed by atoms with van der Waals surface area (Å²) in [5.74, 6) is -0.605. The van der Waals surface area contributed by atoms with Crippen LogP contribution in [0, 0.1) is 19.7 Å². The van der Waals surface area contributed by atoms with Crippen LogP contribution in [0.1, 0.15) is 52.6 Å². The number of piperidine rings is 1. The summed E-state index contributed by atoms with van der Waals surface area (Å²) < 4.78 is 13.7. The van der Waals surface area contributed by atoms with E-state index in [1.807, 2.05) is 68.5 Å². The molecule has 3 unspecified atom stereocenters. The molecule has 34 heavy (non-hydrogen) atoms. The molecule has 4 rings (SSSR count). The van der Waals surface area contributed by atoms with Crippen LogP contribution in [0.25, 0.3) is 6.08 Å². The van der Waals surface area contributed by atoms with E-state index in [-0.39, 0.29) is 17.8 Å². The molecule has 176 valence electrons. The molecular formula is C29H30ClFN2O. The van der Waals surface area contributed by atoms with Gasteiger partial charge in [0, 0.05) is 28.1 Å². The number of aldehydes is 1. The predicted molar refractivity (Wildman–Crippen MR) is 137 cm³/mol. The Balaban J connectivity index is 1.79. The SMILES string of the molecule is Cc1cccc(/C=C(\C=O)C(c2cccc(Cl)c2)C2(N)CCNC(c3ccc(F)cc3C)C2)c1. The number of hydrogen-bond acceptors (Lipinski definition) is 3. The second-order valence-electron chi connectivity index (χ2n) is 9.36. The lowest BCUT2D eigenvalue weighted by Gasteiger charge is -2.45. The number of rotatable bonds is 6. The van der Waals surface area contributed by atoms with Crippen LogP contribution in [0.3, 0.4) is 0 Å². The molecule has 3 aromatic rings. The predicted octanol–water partition coefficient (Wildman–Crippen LogP) is 6.28. The summed E-state index contributed by atoms with van der Waals surface area (Å²) in [5.41, 5.74) is 12.0. The quantitative estimate of drug-likeness (QED) is 0.325. The maximum absolute atomic E-state index is 13.7. The molecule has 0 aliphatic carbocycles. The summed E-state index contributed by atoms with van der Waals surface area (Å²) in [6.45, 7) is 4.63. The number of hydrogen-bond donors (Lipinski definition) is 2. The van der Waals surface area contributed by atoms with Gasteiger partial charge in [-0.3, -0.25) is 4.79 Å². The highest BCUT2D eigenvalue weighted by Gasteiger charge is 2.42. The first kappa shape index (κ1) is 24.3. The Morgan fingerprint density at radius 3 is 2.65 bits per heavy atom. The smallest absolute Gasteiger partial charge is 0.146 e. The molecule has 3 aromatic carbocycles. The van der Waals surface area contributed by atoms with E-state index < -0.39 is 5.54 Å². The molecule has 1 heterocycles. The van der Waals surface area contributed by atoms with E-state index in [1.165, 1.54) is 6.07 Å². The van der Waals surface area contributed by atoms with E-state index in [9.17, 15) is 9.18 Å². The summed E-state index contributed by atoms with van der Waals surface area (Å²) in [6, 6.07) is 20.5. The zero-order valence-corrected chi connectivity index (χ0v) is 20.3. The Hall–Kier alpha value is -2.79. The van der Waals surface area contributed by atoms with Crippen molar-refractivity contribution < 1.29 is 9.18 Å². The standard InChI is InChI=1S/C29H30ClFN2O/c1-19-5-3-6-21(13-19)15-23(18-34)28(22-7-4-8-24(30)16-22)29(32)11-12-33-27(17-29)26-10-9-25(31)14-20(26)2/h3-10,13-16,18,27-28,33H,11-12,17,32H2,1-2H3/b23-15+. The van der Waals surface area contributed by atoms with Crippen molar-refractivity contribution in [1.82, 2.24) is 5.32 Å². The molecule has 3 atom stereocenters. The van der Waals surface area contributed by atoms with Crippen molar-refractivity contribution in [3.63, 3.8) is 0 Å². The topological polar surface area (TPSA) is 55.1 Å². The largest absolute Gasteiger partial charge is 0.324 e. The fraction of sp³-hybridized carbons (Fsp3) is 0.276. The summed E-state index contributed by atoms with van der Waals surface area (Å²) in [5, 5.41) is 4.15. The second-order valence-corrected chi connectivity index (χ2v) is 9.80. The van der Waals surface area contributed by atoms with Crippen molar-refractivity contribution >= 4 is 24.0 Å². The Labute approximate surface area is 205 Å². The molecule has 1 aliphatic heterocycles. The lowest BCUT2D eigenvalue weighted by atomic mass is 9.68. The van der Waals surface area contributed by atoms with Crippen LogP contribution in [0.5, 0.6) is 0 Å². The summed E-state index contributed by atoms with van der Waals surface area (Å²) in [6.07, 6.45) is 4.12. The van der Waals surface area contributed by atoms with Gasteiger partial charge in [0.05, 0.1) is 0 Å². The van der Waals surface area contributed by atoms with Gasteiger partial charge in [-0.25, -0.2) is 4.39 Å². The Bertz CT molecular complexity index is 1220. The third-order valence-corrected chi connectivity index (χ3v) is 7.01. The van der Waals surface area contributed by atoms with Gasteiger partial charge in [-0.2, -0.15) is 0 Å². The molecule has 1 saturated heterocycles. The first-order valence-electron chi connectivity index (χ1n) is 11.6. The van der Waals surface area contributed by atoms with E-state index in [0.29, 0.717) is 30.0 Å². The number of carbonyl (C=O) groups excluding carboxylic acids is 1. The van der Waals surface area contributed by atoms with Crippen LogP contribution in [0.15, 0.2) is 72.3 Å². The fourth-order valence-electron chi connectivity index (χ4n) is 5.23. The number of carbonyl (C=O) groups is 1. The maximum atomic E-state index is 13.7. The normalized spacial score (nSPS) is 21.8. The molecule has 0 bridgehead atoms. The second kappa shape index (κ2) is 10.2. The Morgan fingerprint density at radius 1 is 1.15 bits per heavy atom. The van der Waals surface area contributed by atoms with Crippen molar-refractivity contribution in [2.75, 3.05) is 6.54 Å². The van der Waals surface area contributed by atoms with Crippen LogP contribution < -0.4 is 11.1 Å². The number of aryl methyl sites for hydroxylation is 2. The van der Waals surface area contributed by atoms with Crippen molar-refractivity contribution in [2.45, 2.75) is 44.2 Å². The van der Waals surface area contributed by atoms with Gasteiger partial charge in [0.15, 0.2) is 0 Å². The van der Waals surface area contributed by atoms with Gasteiger partial charge in [0.2, 0.25) is 0 Å². The lowest BCUT2D eigenvalue weighted by molar-refractivity contribution is -0.105. The number of nitrogens with two attached hydrogens (primary N) is 1. The third-order valence-electron chi connectivity index (χ3n) is 6.77. The summed E-state index contributed by atoms with van der Waals surface area (Å²) >= 11 is 6.37. The highest BCUT2D eigenvalue weighted by molar-refractivity contribution is 6.30. The van der Waals surface area contributed by atoms with E-state index >= 15 is 0 Å². The highest BCUT2D eigenvalue weighted by atomic mass is 35.5. The highest BCUT2D eigenvalue weighted by Crippen LogP contribution is 2.43. The molecule has 3 N–H and O–H groups in total. The molecule has 0 spiro atoms. The first-order valence-corrected chi connectivity index (χ1v) is 11.9. The summed E-state index contributed by atoms with van der Waals surface area (Å²) in [7, 11) is 0. The van der Waals surface area contributed by atoms with Crippen molar-refractivity contribution in [1.29, 1.82) is 0 Å². The van der Waals surface area contributed by atoms with Gasteiger partial charge in [0.1, 0.15) is 12.1 Å². The maximum Gasteiger partial charge on any atom is 0.146 e. The molecule has 0 aromatic heterocycles. The van der Waals surface area contributed by atoms with Crippen molar-refractivity contribution in [3.05, 3.63) is 111 Å². The van der Waals surface area contributed by atoms with Crippen LogP contribution in [0.4, 0.5) is 4.39 Å². The third kappa shape index (κ3) is 5.30. The number of nitrogens with one attached hydrogen (secondary N) is 1. The molecule has 0 radical (unpaired) electrons. The zero-order valence-electron chi connectivity index (χ0n) is 19.5. The molecule has 0 saturated carbocycles. The van der Waals surface area contributed by atoms with E-state index in [0.717, 1.165) is 34.1 Å². The minimum absolute atomic E-state index is 0.0482. The molecule has 1 fully saturated rings. The van der Waals surface area contributed by atoms with Crippen LogP contribution in [-0.4, -0.2) is 18.4 Å². The van der Waals surface area contributed by atoms with Gasteiger partial charge in [0.25, 0.3) is 0 Å². The monoisotopic (exact) mass is 476 g/mol. The van der Waals surface area contributed by atoms with Gasteiger partial charge < -0.3 is 11.1 Å². The van der Waals surface area contributed by atoms with Crippen LogP contribution in [0.2, 0.25) is 5.02 Å². The van der Waals surface area contributed by atoms with Crippen molar-refractivity contribution in [2.24, 2.45) is 5.73 Å². The van der Waals surface area contributed by atoms with Crippen molar-refractivity contribution in [3.8, 4) is 0 Å². The average molecular weight is 477 g/mol. The zero-order chi connectivity index (χ0) is 24.3. The van der Waals surface area contributed by atoms with Gasteiger partial charge in [-0.05, 0) is 85.8 Å². The van der Waals surface area contributed by atoms with Gasteiger partial charge >= 0.3 is 0 Å². The number of halogens is 2. The molecule has 3 nitrogen and oxygen atoms in total. The summed E-state index contributed by atoms with van der Waals surface area (Å²) in [4.78, 5) is 12.5. The Kier molecular flexibility index (Phi) is 7.32. The van der Waals surface area contributed by atoms with E-state index in [4.69, 9.17) is 17.3 Å². The molecule has 1 aliphatic rings. The first-order chi connectivity index (χ1) is 16.3. The van der Waals surface area contributed by atoms with Gasteiger partial charge in [-0.1, -0.05) is 59.6 Å². The van der Waals surface area contributed by atoms with Gasteiger partial charge in [-0.15, -0.1) is 0 Å². The minimum Gasteiger partial charge on any atom is -0.324 e. The minimum atomic E-state index is -0.710. The van der Waals surface area contributed by atoms with E-state index in [1.54, 1.807) is 6.07 Å². The molecular weight excluding hydrogens is 447 g/mol. The number of benzene rings is 3. The van der Waals surface area contributed by atoms with Crippen LogP contribution in [-0.2, 0) is 4.79 Å². The lowest BCUT2D eigenvalue weighted by Crippen LogP contribution is -2.54.